The van der Waals surface area contributed by atoms with Crippen LogP contribution in [0.25, 0.3) is 0 Å². The Balaban J connectivity index is 2.07. The number of amides is 1. The molecular formula is C17H16N2O4. The number of nitrogens with one attached hydrogen (secondary N) is 1. The SMILES string of the molecule is C=CCN1C(=O)c2ccccc2NC1c1ccoc1C(=O)OC. The third-order valence-corrected chi connectivity index (χ3v) is 3.71. The maximum absolute atomic E-state index is 12.8. The van der Waals surface area contributed by atoms with Gasteiger partial charge in [-0.25, -0.2) is 4.79 Å². The molecule has 3 rings (SSSR count). The van der Waals surface area contributed by atoms with E-state index in [1.165, 1.54) is 13.4 Å². The smallest absolute Gasteiger partial charge is 0.374 e. The Morgan fingerprint density at radius 3 is 2.96 bits per heavy atom. The van der Waals surface area contributed by atoms with E-state index < -0.39 is 12.1 Å². The number of methoxy groups -OCH3 is 1. The topological polar surface area (TPSA) is 71.8 Å². The second-order valence-electron chi connectivity index (χ2n) is 5.04. The maximum Gasteiger partial charge on any atom is 0.374 e. The molecule has 0 spiro atoms. The minimum Gasteiger partial charge on any atom is -0.463 e. The largest absolute Gasteiger partial charge is 0.463 e. The summed E-state index contributed by atoms with van der Waals surface area (Å²) in [7, 11) is 1.28. The van der Waals surface area contributed by atoms with Crippen LogP contribution < -0.4 is 5.32 Å². The zero-order valence-electron chi connectivity index (χ0n) is 12.6. The van der Waals surface area contributed by atoms with Gasteiger partial charge in [-0.3, -0.25) is 4.79 Å². The lowest BCUT2D eigenvalue weighted by atomic mass is 10.0. The van der Waals surface area contributed by atoms with E-state index in [4.69, 9.17) is 9.15 Å². The van der Waals surface area contributed by atoms with Crippen LogP contribution >= 0.6 is 0 Å². The highest BCUT2D eigenvalue weighted by Crippen LogP contribution is 2.34. The van der Waals surface area contributed by atoms with Gasteiger partial charge < -0.3 is 19.4 Å². The molecule has 6 heteroatoms. The molecule has 6 nitrogen and oxygen atoms in total. The van der Waals surface area contributed by atoms with Crippen molar-refractivity contribution in [2.45, 2.75) is 6.17 Å². The fraction of sp³-hybridized carbons (Fsp3) is 0.176. The van der Waals surface area contributed by atoms with Crippen molar-refractivity contribution in [1.82, 2.24) is 4.90 Å². The molecular weight excluding hydrogens is 296 g/mol. The second-order valence-corrected chi connectivity index (χ2v) is 5.04. The van der Waals surface area contributed by atoms with Crippen LogP contribution in [0.3, 0.4) is 0 Å². The third kappa shape index (κ3) is 2.48. The minimum atomic E-state index is -0.586. The minimum absolute atomic E-state index is 0.0752. The van der Waals surface area contributed by atoms with Crippen LogP contribution in [0.15, 0.2) is 53.7 Å². The highest BCUT2D eigenvalue weighted by atomic mass is 16.5. The number of hydrogen-bond acceptors (Lipinski definition) is 5. The number of rotatable bonds is 4. The molecule has 1 aliphatic heterocycles. The van der Waals surface area contributed by atoms with E-state index in [1.54, 1.807) is 23.1 Å². The Hall–Kier alpha value is -3.02. The molecule has 0 saturated heterocycles. The summed E-state index contributed by atoms with van der Waals surface area (Å²) in [4.78, 5) is 26.2. The molecule has 1 atom stereocenters. The van der Waals surface area contributed by atoms with E-state index >= 15 is 0 Å². The number of esters is 1. The summed E-state index contributed by atoms with van der Waals surface area (Å²) in [5, 5.41) is 3.27. The van der Waals surface area contributed by atoms with Crippen molar-refractivity contribution in [2.24, 2.45) is 0 Å². The molecule has 1 N–H and O–H groups in total. The molecule has 1 unspecified atom stereocenters. The van der Waals surface area contributed by atoms with Crippen molar-refractivity contribution < 1.29 is 18.7 Å². The first-order chi connectivity index (χ1) is 11.2. The fourth-order valence-electron chi connectivity index (χ4n) is 2.66. The molecule has 1 aromatic carbocycles. The molecule has 2 aromatic rings. The Morgan fingerprint density at radius 1 is 1.43 bits per heavy atom. The maximum atomic E-state index is 12.8. The van der Waals surface area contributed by atoms with Crippen molar-refractivity contribution in [3.63, 3.8) is 0 Å². The summed E-state index contributed by atoms with van der Waals surface area (Å²) in [6.07, 6.45) is 2.50. The number of anilines is 1. The van der Waals surface area contributed by atoms with Crippen molar-refractivity contribution in [3.8, 4) is 0 Å². The molecule has 1 amide bonds. The molecule has 2 heterocycles. The molecule has 1 aromatic heterocycles. The summed E-state index contributed by atoms with van der Waals surface area (Å²) in [5.74, 6) is -0.649. The van der Waals surface area contributed by atoms with Crippen molar-refractivity contribution >= 4 is 17.6 Å². The van der Waals surface area contributed by atoms with E-state index in [-0.39, 0.29) is 11.7 Å². The zero-order chi connectivity index (χ0) is 16.4. The van der Waals surface area contributed by atoms with Gasteiger partial charge >= 0.3 is 5.97 Å². The Bertz CT molecular complexity index is 765. The van der Waals surface area contributed by atoms with Crippen LogP contribution in [0, 0.1) is 0 Å². The second kappa shape index (κ2) is 6.00. The molecule has 1 aliphatic rings. The van der Waals surface area contributed by atoms with Gasteiger partial charge in [-0.15, -0.1) is 6.58 Å². The van der Waals surface area contributed by atoms with E-state index in [9.17, 15) is 9.59 Å². The highest BCUT2D eigenvalue weighted by Gasteiger charge is 2.35. The fourth-order valence-corrected chi connectivity index (χ4v) is 2.66. The average molecular weight is 312 g/mol. The van der Waals surface area contributed by atoms with Gasteiger partial charge in [-0.1, -0.05) is 18.2 Å². The number of hydrogen-bond donors (Lipinski definition) is 1. The number of ether oxygens (including phenoxy) is 1. The van der Waals surface area contributed by atoms with Crippen molar-refractivity contribution in [2.75, 3.05) is 19.0 Å². The molecule has 0 radical (unpaired) electrons. The normalized spacial score (nSPS) is 16.5. The highest BCUT2D eigenvalue weighted by molar-refractivity contribution is 6.02. The van der Waals surface area contributed by atoms with Gasteiger partial charge in [-0.05, 0) is 18.2 Å². The van der Waals surface area contributed by atoms with Crippen molar-refractivity contribution in [3.05, 3.63) is 66.1 Å². The quantitative estimate of drug-likeness (QED) is 0.694. The van der Waals surface area contributed by atoms with Gasteiger partial charge in [0.2, 0.25) is 5.76 Å². The number of benzene rings is 1. The summed E-state index contributed by atoms with van der Waals surface area (Å²) in [5.41, 5.74) is 1.83. The predicted octanol–water partition coefficient (Wildman–Crippen LogP) is 2.82. The molecule has 0 saturated carbocycles. The zero-order valence-corrected chi connectivity index (χ0v) is 12.6. The van der Waals surface area contributed by atoms with E-state index in [2.05, 4.69) is 11.9 Å². The van der Waals surface area contributed by atoms with Gasteiger partial charge in [0.1, 0.15) is 6.17 Å². The lowest BCUT2D eigenvalue weighted by molar-refractivity contribution is 0.0553. The van der Waals surface area contributed by atoms with Crippen LogP contribution in [0.4, 0.5) is 5.69 Å². The number of fused-ring (bicyclic) bond motifs is 1. The first-order valence-corrected chi connectivity index (χ1v) is 7.10. The van der Waals surface area contributed by atoms with Gasteiger partial charge in [-0.2, -0.15) is 0 Å². The lowest BCUT2D eigenvalue weighted by Crippen LogP contribution is -2.43. The average Bonchev–Trinajstić information content (AvgIpc) is 3.06. The Labute approximate surface area is 133 Å². The van der Waals surface area contributed by atoms with Crippen LogP contribution in [-0.4, -0.2) is 30.4 Å². The van der Waals surface area contributed by atoms with Crippen molar-refractivity contribution in [1.29, 1.82) is 0 Å². The lowest BCUT2D eigenvalue weighted by Gasteiger charge is -2.37. The number of para-hydroxylation sites is 1. The van der Waals surface area contributed by atoms with Gasteiger partial charge in [0.15, 0.2) is 0 Å². The molecule has 23 heavy (non-hydrogen) atoms. The Kier molecular flexibility index (Phi) is 3.89. The van der Waals surface area contributed by atoms with Gasteiger partial charge in [0, 0.05) is 17.8 Å². The number of carbonyl (C=O) groups excluding carboxylic acids is 2. The standard InChI is InChI=1S/C17H16N2O4/c1-3-9-19-15(12-8-10-23-14(12)17(21)22-2)18-13-7-5-4-6-11(13)16(19)20/h3-8,10,15,18H,1,9H2,2H3. The van der Waals surface area contributed by atoms with Crippen LogP contribution in [0.1, 0.15) is 32.6 Å². The molecule has 0 bridgehead atoms. The van der Waals surface area contributed by atoms with Crippen LogP contribution in [0.5, 0.6) is 0 Å². The van der Waals surface area contributed by atoms with Gasteiger partial charge in [0.25, 0.3) is 5.91 Å². The number of carbonyl (C=O) groups is 2. The summed E-state index contributed by atoms with van der Waals surface area (Å²) in [6, 6.07) is 8.89. The van der Waals surface area contributed by atoms with E-state index in [0.29, 0.717) is 23.4 Å². The first-order valence-electron chi connectivity index (χ1n) is 7.10. The van der Waals surface area contributed by atoms with E-state index in [0.717, 1.165) is 0 Å². The van der Waals surface area contributed by atoms with Crippen LogP contribution in [-0.2, 0) is 4.74 Å². The monoisotopic (exact) mass is 312 g/mol. The first kappa shape index (κ1) is 14.9. The van der Waals surface area contributed by atoms with Crippen LogP contribution in [0.2, 0.25) is 0 Å². The Morgan fingerprint density at radius 2 is 2.22 bits per heavy atom. The predicted molar refractivity (Wildman–Crippen MR) is 84.1 cm³/mol. The van der Waals surface area contributed by atoms with Gasteiger partial charge in [0.05, 0.1) is 18.9 Å². The summed E-state index contributed by atoms with van der Waals surface area (Å²) >= 11 is 0. The molecule has 0 fully saturated rings. The summed E-state index contributed by atoms with van der Waals surface area (Å²) < 4.78 is 9.98. The molecule has 118 valence electrons. The number of nitrogens with zero attached hydrogens (tertiary/aromatic N) is 1. The van der Waals surface area contributed by atoms with E-state index in [1.807, 2.05) is 18.2 Å². The molecule has 0 aliphatic carbocycles. The number of furan rings is 1. The summed E-state index contributed by atoms with van der Waals surface area (Å²) in [6.45, 7) is 4.03. The third-order valence-electron chi connectivity index (χ3n) is 3.71.